The summed E-state index contributed by atoms with van der Waals surface area (Å²) < 4.78 is 1.77. The summed E-state index contributed by atoms with van der Waals surface area (Å²) in [5.41, 5.74) is 1.81. The first-order valence-electron chi connectivity index (χ1n) is 7.03. The Morgan fingerprint density at radius 3 is 2.55 bits per heavy atom. The number of nitrogens with zero attached hydrogens (tertiary/aromatic N) is 4. The van der Waals surface area contributed by atoms with E-state index in [1.165, 1.54) is 0 Å². The molecule has 5 nitrogen and oxygen atoms in total. The van der Waals surface area contributed by atoms with E-state index in [1.54, 1.807) is 4.68 Å². The van der Waals surface area contributed by atoms with Crippen LogP contribution in [0.1, 0.15) is 39.8 Å². The lowest BCUT2D eigenvalue weighted by atomic mass is 9.92. The van der Waals surface area contributed by atoms with Gasteiger partial charge in [0.05, 0.1) is 5.69 Å². The van der Waals surface area contributed by atoms with Crippen molar-refractivity contribution in [1.82, 2.24) is 19.7 Å². The number of anilines is 1. The third-order valence-corrected chi connectivity index (χ3v) is 2.99. The lowest BCUT2D eigenvalue weighted by Gasteiger charge is -2.19. The molecule has 0 aromatic carbocycles. The molecule has 0 aliphatic carbocycles. The minimum Gasteiger partial charge on any atom is -0.370 e. The summed E-state index contributed by atoms with van der Waals surface area (Å²) in [6, 6.07) is 3.97. The van der Waals surface area contributed by atoms with Crippen LogP contribution in [0.15, 0.2) is 18.3 Å². The average molecular weight is 273 g/mol. The van der Waals surface area contributed by atoms with Gasteiger partial charge in [-0.3, -0.25) is 4.68 Å². The second-order valence-corrected chi connectivity index (χ2v) is 6.01. The van der Waals surface area contributed by atoms with Crippen molar-refractivity contribution in [1.29, 1.82) is 0 Å². The number of rotatable bonds is 4. The van der Waals surface area contributed by atoms with E-state index in [0.717, 1.165) is 30.2 Å². The minimum atomic E-state index is -0.0187. The van der Waals surface area contributed by atoms with Crippen LogP contribution in [0.5, 0.6) is 0 Å². The molecule has 0 unspecified atom stereocenters. The van der Waals surface area contributed by atoms with Crippen molar-refractivity contribution in [3.63, 3.8) is 0 Å². The van der Waals surface area contributed by atoms with Crippen LogP contribution in [0.4, 0.5) is 5.82 Å². The van der Waals surface area contributed by atoms with Crippen molar-refractivity contribution in [2.45, 2.75) is 39.5 Å². The standard InChI is InChI=1S/C15H23N5/c1-6-8-16-13-10-12(15(2,3)4)17-14(18-13)11-7-9-20(5)19-11/h7,9-10H,6,8H2,1-5H3,(H,16,17,18). The zero-order valence-electron chi connectivity index (χ0n) is 12.9. The second-order valence-electron chi connectivity index (χ2n) is 6.01. The third-order valence-electron chi connectivity index (χ3n) is 2.99. The molecule has 2 rings (SSSR count). The van der Waals surface area contributed by atoms with Gasteiger partial charge in [0, 0.05) is 31.3 Å². The number of hydrogen-bond donors (Lipinski definition) is 1. The largest absolute Gasteiger partial charge is 0.370 e. The molecule has 1 N–H and O–H groups in total. The summed E-state index contributed by atoms with van der Waals surface area (Å²) in [6.45, 7) is 9.50. The molecule has 0 saturated carbocycles. The van der Waals surface area contributed by atoms with Crippen LogP contribution in [0.25, 0.3) is 11.5 Å². The van der Waals surface area contributed by atoms with Gasteiger partial charge in [0.15, 0.2) is 5.82 Å². The highest BCUT2D eigenvalue weighted by molar-refractivity contribution is 5.53. The summed E-state index contributed by atoms with van der Waals surface area (Å²) in [6.07, 6.45) is 2.97. The summed E-state index contributed by atoms with van der Waals surface area (Å²) in [5.74, 6) is 1.55. The molecule has 0 fully saturated rings. The molecule has 0 radical (unpaired) electrons. The molecule has 108 valence electrons. The lowest BCUT2D eigenvalue weighted by molar-refractivity contribution is 0.568. The monoisotopic (exact) mass is 273 g/mol. The molecule has 5 heteroatoms. The maximum Gasteiger partial charge on any atom is 0.182 e. The zero-order chi connectivity index (χ0) is 14.8. The predicted molar refractivity (Wildman–Crippen MR) is 81.7 cm³/mol. The first-order chi connectivity index (χ1) is 9.40. The normalized spacial score (nSPS) is 11.7. The molecule has 2 aromatic rings. The highest BCUT2D eigenvalue weighted by Gasteiger charge is 2.19. The van der Waals surface area contributed by atoms with Gasteiger partial charge in [-0.25, -0.2) is 9.97 Å². The van der Waals surface area contributed by atoms with Crippen LogP contribution >= 0.6 is 0 Å². The molecular weight excluding hydrogens is 250 g/mol. The van der Waals surface area contributed by atoms with Crippen LogP contribution in [0, 0.1) is 0 Å². The summed E-state index contributed by atoms with van der Waals surface area (Å²) >= 11 is 0. The van der Waals surface area contributed by atoms with Gasteiger partial charge in [0.2, 0.25) is 0 Å². The fourth-order valence-corrected chi connectivity index (χ4v) is 1.82. The first-order valence-corrected chi connectivity index (χ1v) is 7.03. The average Bonchev–Trinajstić information content (AvgIpc) is 2.82. The van der Waals surface area contributed by atoms with Gasteiger partial charge >= 0.3 is 0 Å². The van der Waals surface area contributed by atoms with Crippen molar-refractivity contribution < 1.29 is 0 Å². The van der Waals surface area contributed by atoms with Gasteiger partial charge in [-0.1, -0.05) is 27.7 Å². The van der Waals surface area contributed by atoms with E-state index in [2.05, 4.69) is 48.1 Å². The molecule has 20 heavy (non-hydrogen) atoms. The van der Waals surface area contributed by atoms with E-state index in [4.69, 9.17) is 0 Å². The van der Waals surface area contributed by atoms with Crippen LogP contribution in [-0.2, 0) is 12.5 Å². The Balaban J connectivity index is 2.45. The van der Waals surface area contributed by atoms with Crippen molar-refractivity contribution in [3.05, 3.63) is 24.0 Å². The van der Waals surface area contributed by atoms with Gasteiger partial charge in [-0.2, -0.15) is 5.10 Å². The summed E-state index contributed by atoms with van der Waals surface area (Å²) in [7, 11) is 1.90. The predicted octanol–water partition coefficient (Wildman–Crippen LogP) is 3.00. The van der Waals surface area contributed by atoms with E-state index in [1.807, 2.05) is 25.4 Å². The second kappa shape index (κ2) is 5.61. The van der Waals surface area contributed by atoms with Gasteiger partial charge in [-0.05, 0) is 12.5 Å². The zero-order valence-corrected chi connectivity index (χ0v) is 12.9. The van der Waals surface area contributed by atoms with Crippen LogP contribution in [-0.4, -0.2) is 26.3 Å². The van der Waals surface area contributed by atoms with Gasteiger partial charge in [0.1, 0.15) is 11.5 Å². The first kappa shape index (κ1) is 14.5. The fourth-order valence-electron chi connectivity index (χ4n) is 1.82. The van der Waals surface area contributed by atoms with E-state index < -0.39 is 0 Å². The maximum absolute atomic E-state index is 4.67. The van der Waals surface area contributed by atoms with Gasteiger partial charge < -0.3 is 5.32 Å². The van der Waals surface area contributed by atoms with E-state index in [-0.39, 0.29) is 5.41 Å². The molecule has 0 saturated heterocycles. The van der Waals surface area contributed by atoms with Crippen LogP contribution in [0.3, 0.4) is 0 Å². The number of nitrogens with one attached hydrogen (secondary N) is 1. The van der Waals surface area contributed by atoms with E-state index in [0.29, 0.717) is 5.82 Å². The van der Waals surface area contributed by atoms with Gasteiger partial charge in [0.25, 0.3) is 0 Å². The molecule has 0 spiro atoms. The van der Waals surface area contributed by atoms with Crippen molar-refractivity contribution in [2.24, 2.45) is 7.05 Å². The number of hydrogen-bond acceptors (Lipinski definition) is 4. The van der Waals surface area contributed by atoms with Gasteiger partial charge in [-0.15, -0.1) is 0 Å². The van der Waals surface area contributed by atoms with E-state index >= 15 is 0 Å². The number of aryl methyl sites for hydroxylation is 1. The Hall–Kier alpha value is -1.91. The molecule has 2 heterocycles. The molecule has 0 aliphatic heterocycles. The SMILES string of the molecule is CCCNc1cc(C(C)(C)C)nc(-c2ccn(C)n2)n1. The Morgan fingerprint density at radius 1 is 1.25 bits per heavy atom. The maximum atomic E-state index is 4.67. The van der Waals surface area contributed by atoms with Crippen molar-refractivity contribution in [3.8, 4) is 11.5 Å². The van der Waals surface area contributed by atoms with Crippen LogP contribution < -0.4 is 5.32 Å². The highest BCUT2D eigenvalue weighted by atomic mass is 15.3. The Bertz CT molecular complexity index is 580. The van der Waals surface area contributed by atoms with E-state index in [9.17, 15) is 0 Å². The molecule has 0 aliphatic rings. The van der Waals surface area contributed by atoms with Crippen LogP contribution in [0.2, 0.25) is 0 Å². The Labute approximate surface area is 120 Å². The molecule has 0 bridgehead atoms. The quantitative estimate of drug-likeness (QED) is 0.930. The summed E-state index contributed by atoms with van der Waals surface area (Å²) in [5, 5.41) is 7.73. The highest BCUT2D eigenvalue weighted by Crippen LogP contribution is 2.25. The molecule has 2 aromatic heterocycles. The fraction of sp³-hybridized carbons (Fsp3) is 0.533. The summed E-state index contributed by atoms with van der Waals surface area (Å²) in [4.78, 5) is 9.24. The minimum absolute atomic E-state index is 0.0187. The smallest absolute Gasteiger partial charge is 0.182 e. The lowest BCUT2D eigenvalue weighted by Crippen LogP contribution is -2.16. The third kappa shape index (κ3) is 3.35. The Morgan fingerprint density at radius 2 is 2.00 bits per heavy atom. The molecule has 0 atom stereocenters. The van der Waals surface area contributed by atoms with Crippen molar-refractivity contribution >= 4 is 5.82 Å². The van der Waals surface area contributed by atoms with Crippen molar-refractivity contribution in [2.75, 3.05) is 11.9 Å². The number of aromatic nitrogens is 4. The molecular formula is C15H23N5. The topological polar surface area (TPSA) is 55.6 Å². The Kier molecular flexibility index (Phi) is 4.06. The molecule has 0 amide bonds.